The Morgan fingerprint density at radius 2 is 1.78 bits per heavy atom. The number of nitrogens with zero attached hydrogens (tertiary/aromatic N) is 1. The normalized spacial score (nSPS) is 17.3. The van der Waals surface area contributed by atoms with Crippen LogP contribution >= 0.6 is 0 Å². The predicted molar refractivity (Wildman–Crippen MR) is 96.2 cm³/mol. The molecule has 0 saturated heterocycles. The Morgan fingerprint density at radius 1 is 1.04 bits per heavy atom. The van der Waals surface area contributed by atoms with E-state index >= 15 is 0 Å². The van der Waals surface area contributed by atoms with E-state index in [-0.39, 0.29) is 17.2 Å². The van der Waals surface area contributed by atoms with Gasteiger partial charge in [0.25, 0.3) is 5.91 Å². The van der Waals surface area contributed by atoms with Crippen LogP contribution in [0.2, 0.25) is 0 Å². The number of carbonyl (C=O) groups excluding carboxylic acids is 1. The summed E-state index contributed by atoms with van der Waals surface area (Å²) in [6, 6.07) is 8.43. The van der Waals surface area contributed by atoms with Crippen molar-refractivity contribution in [1.29, 1.82) is 0 Å². The molecule has 27 heavy (non-hydrogen) atoms. The number of carbonyl (C=O) groups is 2. The second-order valence-corrected chi connectivity index (χ2v) is 6.84. The van der Waals surface area contributed by atoms with Crippen molar-refractivity contribution in [3.05, 3.63) is 53.3 Å². The highest BCUT2D eigenvalue weighted by atomic mass is 16.6. The van der Waals surface area contributed by atoms with Gasteiger partial charge in [0.1, 0.15) is 18.9 Å². The highest BCUT2D eigenvalue weighted by Gasteiger charge is 2.38. The molecule has 1 aliphatic heterocycles. The van der Waals surface area contributed by atoms with Crippen molar-refractivity contribution in [2.45, 2.75) is 31.2 Å². The van der Waals surface area contributed by atoms with Crippen molar-refractivity contribution >= 4 is 11.9 Å². The van der Waals surface area contributed by atoms with Gasteiger partial charge < -0.3 is 19.9 Å². The third kappa shape index (κ3) is 3.32. The van der Waals surface area contributed by atoms with Crippen LogP contribution in [0.1, 0.15) is 52.1 Å². The molecular weight excluding hydrogens is 348 g/mol. The molecule has 1 aromatic heterocycles. The lowest BCUT2D eigenvalue weighted by Gasteiger charge is -2.32. The van der Waals surface area contributed by atoms with Gasteiger partial charge in [-0.3, -0.25) is 9.78 Å². The van der Waals surface area contributed by atoms with E-state index < -0.39 is 11.5 Å². The highest BCUT2D eigenvalue weighted by molar-refractivity contribution is 5.96. The fraction of sp³-hybridized carbons (Fsp3) is 0.350. The molecule has 4 rings (SSSR count). The van der Waals surface area contributed by atoms with E-state index in [9.17, 15) is 9.59 Å². The lowest BCUT2D eigenvalue weighted by atomic mass is 9.87. The number of carboxylic acid groups (broad SMARTS) is 1. The van der Waals surface area contributed by atoms with Gasteiger partial charge in [-0.15, -0.1) is 0 Å². The van der Waals surface area contributed by atoms with E-state index in [4.69, 9.17) is 14.6 Å². The third-order valence-electron chi connectivity index (χ3n) is 5.14. The number of hydrogen-bond acceptors (Lipinski definition) is 5. The van der Waals surface area contributed by atoms with Crippen molar-refractivity contribution < 1.29 is 24.2 Å². The van der Waals surface area contributed by atoms with E-state index in [1.807, 2.05) is 18.2 Å². The zero-order valence-electron chi connectivity index (χ0n) is 14.7. The minimum Gasteiger partial charge on any atom is -0.486 e. The number of hydrogen-bond donors (Lipinski definition) is 2. The van der Waals surface area contributed by atoms with Crippen LogP contribution in [0.4, 0.5) is 0 Å². The summed E-state index contributed by atoms with van der Waals surface area (Å²) in [5.74, 6) is -0.0747. The molecule has 0 bridgehead atoms. The minimum absolute atomic E-state index is 0.0370. The number of rotatable bonds is 4. The van der Waals surface area contributed by atoms with Crippen LogP contribution in [0.15, 0.2) is 36.5 Å². The number of ether oxygens (including phenoxy) is 2. The van der Waals surface area contributed by atoms with E-state index in [2.05, 4.69) is 10.3 Å². The van der Waals surface area contributed by atoms with Gasteiger partial charge in [0, 0.05) is 6.20 Å². The molecule has 2 heterocycles. The van der Waals surface area contributed by atoms with Gasteiger partial charge in [0.15, 0.2) is 11.5 Å². The predicted octanol–water partition coefficient (Wildman–Crippen LogP) is 2.75. The van der Waals surface area contributed by atoms with Crippen LogP contribution in [0.5, 0.6) is 11.5 Å². The zero-order valence-corrected chi connectivity index (χ0v) is 14.7. The van der Waals surface area contributed by atoms with Crippen molar-refractivity contribution in [2.75, 3.05) is 13.2 Å². The first-order valence-electron chi connectivity index (χ1n) is 8.99. The summed E-state index contributed by atoms with van der Waals surface area (Å²) in [6.45, 7) is 1.03. The minimum atomic E-state index is -1.09. The van der Waals surface area contributed by atoms with E-state index in [0.717, 1.165) is 31.2 Å². The quantitative estimate of drug-likeness (QED) is 0.861. The maximum atomic E-state index is 12.8. The number of carboxylic acids is 1. The monoisotopic (exact) mass is 368 g/mol. The molecule has 2 N–H and O–H groups in total. The summed E-state index contributed by atoms with van der Waals surface area (Å²) >= 11 is 0. The molecule has 1 aliphatic carbocycles. The Labute approximate surface area is 156 Å². The van der Waals surface area contributed by atoms with Crippen LogP contribution in [0.3, 0.4) is 0 Å². The van der Waals surface area contributed by atoms with Crippen LogP contribution in [-0.2, 0) is 5.54 Å². The van der Waals surface area contributed by atoms with Gasteiger partial charge in [0.05, 0.1) is 11.1 Å². The maximum absolute atomic E-state index is 12.8. The summed E-state index contributed by atoms with van der Waals surface area (Å²) in [6.07, 6.45) is 4.94. The third-order valence-corrected chi connectivity index (χ3v) is 5.14. The van der Waals surface area contributed by atoms with Crippen molar-refractivity contribution in [2.24, 2.45) is 0 Å². The highest BCUT2D eigenvalue weighted by Crippen LogP contribution is 2.42. The molecule has 1 fully saturated rings. The molecule has 0 unspecified atom stereocenters. The smallest absolute Gasteiger partial charge is 0.335 e. The Balaban J connectivity index is 1.64. The first-order valence-corrected chi connectivity index (χ1v) is 8.99. The molecule has 140 valence electrons. The fourth-order valence-electron chi connectivity index (χ4n) is 3.77. The van der Waals surface area contributed by atoms with E-state index in [0.29, 0.717) is 24.7 Å². The lowest BCUT2D eigenvalue weighted by molar-refractivity contribution is 0.0696. The fourth-order valence-corrected chi connectivity index (χ4v) is 3.77. The number of aromatic carboxylic acids is 1. The lowest BCUT2D eigenvalue weighted by Crippen LogP contribution is -2.44. The first kappa shape index (κ1) is 17.3. The summed E-state index contributed by atoms with van der Waals surface area (Å²) in [4.78, 5) is 28.0. The summed E-state index contributed by atoms with van der Waals surface area (Å²) in [5, 5.41) is 12.2. The number of nitrogens with one attached hydrogen (secondary N) is 1. The number of fused-ring (bicyclic) bond motifs is 1. The second kappa shape index (κ2) is 6.90. The van der Waals surface area contributed by atoms with Gasteiger partial charge in [-0.25, -0.2) is 4.79 Å². The molecule has 0 radical (unpaired) electrons. The van der Waals surface area contributed by atoms with Gasteiger partial charge >= 0.3 is 5.97 Å². The zero-order chi connectivity index (χ0) is 18.9. The SMILES string of the molecule is O=C(O)c1ccnc(C(=O)NC2(c3ccc4c(c3)OCCO4)CCCC2)c1. The number of benzene rings is 1. The molecular formula is C20H20N2O5. The van der Waals surface area contributed by atoms with Gasteiger partial charge in [0.2, 0.25) is 0 Å². The molecule has 7 heteroatoms. The number of amides is 1. The van der Waals surface area contributed by atoms with Crippen LogP contribution in [0, 0.1) is 0 Å². The van der Waals surface area contributed by atoms with Gasteiger partial charge in [-0.1, -0.05) is 18.9 Å². The second-order valence-electron chi connectivity index (χ2n) is 6.84. The van der Waals surface area contributed by atoms with Gasteiger partial charge in [-0.2, -0.15) is 0 Å². The molecule has 2 aliphatic rings. The van der Waals surface area contributed by atoms with Crippen LogP contribution in [-0.4, -0.2) is 35.2 Å². The summed E-state index contributed by atoms with van der Waals surface area (Å²) in [7, 11) is 0. The van der Waals surface area contributed by atoms with Crippen molar-refractivity contribution in [1.82, 2.24) is 10.3 Å². The Bertz CT molecular complexity index is 890. The average Bonchev–Trinajstić information content (AvgIpc) is 3.17. The number of aromatic nitrogens is 1. The Morgan fingerprint density at radius 3 is 2.52 bits per heavy atom. The standard InChI is InChI=1S/C20H20N2O5/c23-18(15-11-13(19(24)25)5-8-21-15)22-20(6-1-2-7-20)14-3-4-16-17(12-14)27-10-9-26-16/h3-5,8,11-12H,1-2,6-7,9-10H2,(H,22,23)(H,24,25). The van der Waals surface area contributed by atoms with Crippen LogP contribution in [0.25, 0.3) is 0 Å². The topological polar surface area (TPSA) is 97.8 Å². The molecule has 1 amide bonds. The van der Waals surface area contributed by atoms with Crippen LogP contribution < -0.4 is 14.8 Å². The first-order chi connectivity index (χ1) is 13.1. The molecule has 0 spiro atoms. The molecule has 7 nitrogen and oxygen atoms in total. The van der Waals surface area contributed by atoms with E-state index in [1.165, 1.54) is 18.3 Å². The maximum Gasteiger partial charge on any atom is 0.335 e. The largest absolute Gasteiger partial charge is 0.486 e. The van der Waals surface area contributed by atoms with Crippen molar-refractivity contribution in [3.8, 4) is 11.5 Å². The molecule has 1 aromatic carbocycles. The Kier molecular flexibility index (Phi) is 4.43. The molecule has 1 saturated carbocycles. The number of pyridine rings is 1. The molecule has 0 atom stereocenters. The van der Waals surface area contributed by atoms with E-state index in [1.54, 1.807) is 0 Å². The average molecular weight is 368 g/mol. The van der Waals surface area contributed by atoms with Crippen molar-refractivity contribution in [3.63, 3.8) is 0 Å². The van der Waals surface area contributed by atoms with Gasteiger partial charge in [-0.05, 0) is 42.7 Å². The summed E-state index contributed by atoms with van der Waals surface area (Å²) in [5.41, 5.74) is 0.578. The Hall–Kier alpha value is -3.09. The summed E-state index contributed by atoms with van der Waals surface area (Å²) < 4.78 is 11.3. The molecule has 2 aromatic rings.